The summed E-state index contributed by atoms with van der Waals surface area (Å²) in [6, 6.07) is 0. The molecule has 1 aliphatic heterocycles. The molecule has 2 heterocycles. The first-order valence-corrected chi connectivity index (χ1v) is 4.58. The topological polar surface area (TPSA) is 40.7 Å². The van der Waals surface area contributed by atoms with Crippen molar-refractivity contribution in [3.8, 4) is 0 Å². The van der Waals surface area contributed by atoms with Crippen molar-refractivity contribution in [3.05, 3.63) is 16.0 Å². The second kappa shape index (κ2) is 2.86. The second-order valence-electron chi connectivity index (χ2n) is 2.88. The molecule has 0 aliphatic carbocycles. The SMILES string of the molecule is CCc1[nH]c(=S)nc2c1CCN2. The Morgan fingerprint density at radius 3 is 3.17 bits per heavy atom. The number of H-pyrrole nitrogens is 1. The van der Waals surface area contributed by atoms with Gasteiger partial charge in [0.15, 0.2) is 4.77 Å². The van der Waals surface area contributed by atoms with E-state index in [-0.39, 0.29) is 0 Å². The van der Waals surface area contributed by atoms with Crippen LogP contribution in [-0.4, -0.2) is 16.5 Å². The van der Waals surface area contributed by atoms with Gasteiger partial charge in [-0.1, -0.05) is 6.92 Å². The number of aromatic amines is 1. The average Bonchev–Trinajstić information content (AvgIpc) is 2.50. The molecule has 2 rings (SSSR count). The first-order chi connectivity index (χ1) is 5.81. The van der Waals surface area contributed by atoms with Crippen molar-refractivity contribution in [1.29, 1.82) is 0 Å². The fourth-order valence-electron chi connectivity index (χ4n) is 1.57. The minimum absolute atomic E-state index is 0.583. The Morgan fingerprint density at radius 2 is 2.42 bits per heavy atom. The smallest absolute Gasteiger partial charge is 0.198 e. The van der Waals surface area contributed by atoms with Crippen molar-refractivity contribution in [1.82, 2.24) is 9.97 Å². The van der Waals surface area contributed by atoms with Gasteiger partial charge >= 0.3 is 0 Å². The van der Waals surface area contributed by atoms with Crippen LogP contribution in [0.3, 0.4) is 0 Å². The summed E-state index contributed by atoms with van der Waals surface area (Å²) in [5.74, 6) is 0.982. The first-order valence-electron chi connectivity index (χ1n) is 4.17. The van der Waals surface area contributed by atoms with Gasteiger partial charge < -0.3 is 10.3 Å². The van der Waals surface area contributed by atoms with E-state index in [1.165, 1.54) is 11.3 Å². The van der Waals surface area contributed by atoms with Crippen LogP contribution in [-0.2, 0) is 12.8 Å². The Labute approximate surface area is 76.2 Å². The van der Waals surface area contributed by atoms with Crippen LogP contribution in [0.15, 0.2) is 0 Å². The van der Waals surface area contributed by atoms with Crippen LogP contribution in [0.1, 0.15) is 18.2 Å². The van der Waals surface area contributed by atoms with Crippen LogP contribution >= 0.6 is 12.2 Å². The van der Waals surface area contributed by atoms with E-state index in [2.05, 4.69) is 22.2 Å². The zero-order chi connectivity index (χ0) is 8.55. The van der Waals surface area contributed by atoms with Crippen LogP contribution in [0, 0.1) is 4.77 Å². The summed E-state index contributed by atoms with van der Waals surface area (Å²) in [5, 5.41) is 3.22. The van der Waals surface area contributed by atoms with E-state index >= 15 is 0 Å². The number of hydrogen-bond donors (Lipinski definition) is 2. The van der Waals surface area contributed by atoms with Gasteiger partial charge in [0, 0.05) is 17.8 Å². The van der Waals surface area contributed by atoms with E-state index in [1.54, 1.807) is 0 Å². The van der Waals surface area contributed by atoms with Crippen LogP contribution < -0.4 is 5.32 Å². The molecule has 2 N–H and O–H groups in total. The molecule has 0 atom stereocenters. The molecule has 12 heavy (non-hydrogen) atoms. The van der Waals surface area contributed by atoms with Gasteiger partial charge in [0.2, 0.25) is 0 Å². The highest BCUT2D eigenvalue weighted by atomic mass is 32.1. The van der Waals surface area contributed by atoms with E-state index in [0.29, 0.717) is 4.77 Å². The minimum Gasteiger partial charge on any atom is -0.369 e. The number of rotatable bonds is 1. The molecule has 3 nitrogen and oxygen atoms in total. The highest BCUT2D eigenvalue weighted by Crippen LogP contribution is 2.21. The normalized spacial score (nSPS) is 14.1. The number of aromatic nitrogens is 2. The largest absolute Gasteiger partial charge is 0.369 e. The van der Waals surface area contributed by atoms with Gasteiger partial charge in [-0.2, -0.15) is 0 Å². The summed E-state index contributed by atoms with van der Waals surface area (Å²) in [5.41, 5.74) is 2.54. The maximum absolute atomic E-state index is 5.00. The molecule has 0 amide bonds. The molecular formula is C8H11N3S. The first kappa shape index (κ1) is 7.73. The molecule has 0 aromatic carbocycles. The van der Waals surface area contributed by atoms with Crippen LogP contribution in [0.4, 0.5) is 5.82 Å². The number of anilines is 1. The lowest BCUT2D eigenvalue weighted by Crippen LogP contribution is -1.97. The third-order valence-electron chi connectivity index (χ3n) is 2.14. The monoisotopic (exact) mass is 181 g/mol. The Hall–Kier alpha value is -0.900. The lowest BCUT2D eigenvalue weighted by atomic mass is 10.1. The molecule has 0 saturated carbocycles. The molecule has 4 heteroatoms. The van der Waals surface area contributed by atoms with Gasteiger partial charge in [-0.15, -0.1) is 0 Å². The highest BCUT2D eigenvalue weighted by molar-refractivity contribution is 7.71. The Balaban J connectivity index is 2.62. The summed E-state index contributed by atoms with van der Waals surface area (Å²) in [7, 11) is 0. The average molecular weight is 181 g/mol. The fourth-order valence-corrected chi connectivity index (χ4v) is 1.78. The molecule has 0 unspecified atom stereocenters. The molecule has 0 radical (unpaired) electrons. The van der Waals surface area contributed by atoms with Gasteiger partial charge in [0.05, 0.1) is 0 Å². The third-order valence-corrected chi connectivity index (χ3v) is 2.34. The van der Waals surface area contributed by atoms with Crippen molar-refractivity contribution in [2.75, 3.05) is 11.9 Å². The quantitative estimate of drug-likeness (QED) is 0.647. The standard InChI is InChI=1S/C8H11N3S/c1-2-6-5-3-4-9-7(5)11-8(12)10-6/h2-4H2,1H3,(H2,9,10,11,12). The highest BCUT2D eigenvalue weighted by Gasteiger charge is 2.14. The lowest BCUT2D eigenvalue weighted by Gasteiger charge is -2.03. The van der Waals surface area contributed by atoms with Crippen LogP contribution in [0.25, 0.3) is 0 Å². The fraction of sp³-hybridized carbons (Fsp3) is 0.500. The Morgan fingerprint density at radius 1 is 1.58 bits per heavy atom. The molecule has 0 fully saturated rings. The summed E-state index contributed by atoms with van der Waals surface area (Å²) in [4.78, 5) is 7.33. The van der Waals surface area contributed by atoms with Gasteiger partial charge in [-0.25, -0.2) is 4.98 Å². The van der Waals surface area contributed by atoms with Crippen LogP contribution in [0.5, 0.6) is 0 Å². The van der Waals surface area contributed by atoms with Crippen molar-refractivity contribution in [2.45, 2.75) is 19.8 Å². The van der Waals surface area contributed by atoms with Gasteiger partial charge in [-0.05, 0) is 25.1 Å². The van der Waals surface area contributed by atoms with Gasteiger partial charge in [0.1, 0.15) is 5.82 Å². The molecule has 64 valence electrons. The molecular weight excluding hydrogens is 170 g/mol. The predicted octanol–water partition coefficient (Wildman–Crippen LogP) is 1.67. The number of nitrogens with zero attached hydrogens (tertiary/aromatic N) is 1. The lowest BCUT2D eigenvalue weighted by molar-refractivity contribution is 0.949. The van der Waals surface area contributed by atoms with E-state index in [0.717, 1.165) is 25.2 Å². The number of aryl methyl sites for hydroxylation is 1. The summed E-state index contributed by atoms with van der Waals surface area (Å²) < 4.78 is 0.583. The van der Waals surface area contributed by atoms with Crippen molar-refractivity contribution < 1.29 is 0 Å². The van der Waals surface area contributed by atoms with Crippen LogP contribution in [0.2, 0.25) is 0 Å². The Bertz CT molecular complexity index is 356. The Kier molecular flexibility index (Phi) is 1.84. The molecule has 1 aliphatic rings. The third kappa shape index (κ3) is 1.12. The van der Waals surface area contributed by atoms with Crippen molar-refractivity contribution in [2.24, 2.45) is 0 Å². The summed E-state index contributed by atoms with van der Waals surface area (Å²) in [6.45, 7) is 3.11. The number of nitrogens with one attached hydrogen (secondary N) is 2. The van der Waals surface area contributed by atoms with Gasteiger partial charge in [0.25, 0.3) is 0 Å². The summed E-state index contributed by atoms with van der Waals surface area (Å²) in [6.07, 6.45) is 2.06. The molecule has 1 aromatic rings. The van der Waals surface area contributed by atoms with E-state index in [9.17, 15) is 0 Å². The zero-order valence-corrected chi connectivity index (χ0v) is 7.79. The number of fused-ring (bicyclic) bond motifs is 1. The maximum Gasteiger partial charge on any atom is 0.198 e. The van der Waals surface area contributed by atoms with Gasteiger partial charge in [-0.3, -0.25) is 0 Å². The number of hydrogen-bond acceptors (Lipinski definition) is 3. The predicted molar refractivity (Wildman–Crippen MR) is 51.0 cm³/mol. The van der Waals surface area contributed by atoms with E-state index < -0.39 is 0 Å². The van der Waals surface area contributed by atoms with Crippen molar-refractivity contribution in [3.63, 3.8) is 0 Å². The molecule has 1 aromatic heterocycles. The van der Waals surface area contributed by atoms with Crippen molar-refractivity contribution >= 4 is 18.0 Å². The maximum atomic E-state index is 5.00. The summed E-state index contributed by atoms with van der Waals surface area (Å²) >= 11 is 5.00. The van der Waals surface area contributed by atoms with E-state index in [4.69, 9.17) is 12.2 Å². The molecule has 0 saturated heterocycles. The second-order valence-corrected chi connectivity index (χ2v) is 3.26. The molecule has 0 spiro atoms. The minimum atomic E-state index is 0.583. The zero-order valence-electron chi connectivity index (χ0n) is 6.98. The van der Waals surface area contributed by atoms with E-state index in [1.807, 2.05) is 0 Å². The molecule has 0 bridgehead atoms.